The van der Waals surface area contributed by atoms with E-state index in [1.165, 1.54) is 6.26 Å². The van der Waals surface area contributed by atoms with Crippen molar-refractivity contribution in [2.45, 2.75) is 33.2 Å². The SMILES string of the molecule is CCNCCC(C)N(C)/C(N)=C/C=C=COCC1=C(F)[C@@H](C)C(C#N)C=C1. The number of hydrogen-bond donors (Lipinski definition) is 2. The summed E-state index contributed by atoms with van der Waals surface area (Å²) in [5.41, 5.74) is 9.38. The Kier molecular flexibility index (Phi) is 10.0. The van der Waals surface area contributed by atoms with Crippen LogP contribution < -0.4 is 11.1 Å². The van der Waals surface area contributed by atoms with E-state index in [2.05, 4.69) is 31.0 Å². The monoisotopic (exact) mass is 374 g/mol. The number of nitriles is 1. The fraction of sp³-hybridized carbons (Fsp3) is 0.524. The highest BCUT2D eigenvalue weighted by atomic mass is 19.1. The number of hydrogen-bond acceptors (Lipinski definition) is 5. The van der Waals surface area contributed by atoms with E-state index in [0.717, 1.165) is 19.5 Å². The van der Waals surface area contributed by atoms with Crippen molar-refractivity contribution in [1.82, 2.24) is 10.2 Å². The van der Waals surface area contributed by atoms with E-state index in [1.807, 2.05) is 11.9 Å². The first-order valence-electron chi connectivity index (χ1n) is 9.30. The summed E-state index contributed by atoms with van der Waals surface area (Å²) in [6.07, 6.45) is 9.13. The third-order valence-electron chi connectivity index (χ3n) is 4.70. The molecule has 0 heterocycles. The minimum Gasteiger partial charge on any atom is -0.488 e. The van der Waals surface area contributed by atoms with Gasteiger partial charge in [-0.1, -0.05) is 31.7 Å². The molecule has 6 heteroatoms. The van der Waals surface area contributed by atoms with Crippen molar-refractivity contribution in [3.8, 4) is 6.07 Å². The predicted molar refractivity (Wildman–Crippen MR) is 107 cm³/mol. The maximum absolute atomic E-state index is 14.2. The quantitative estimate of drug-likeness (QED) is 0.265. The molecule has 0 spiro atoms. The Morgan fingerprint density at radius 1 is 1.56 bits per heavy atom. The molecule has 0 bridgehead atoms. The molecule has 0 fully saturated rings. The van der Waals surface area contributed by atoms with Crippen LogP contribution in [0.3, 0.4) is 0 Å². The van der Waals surface area contributed by atoms with Crippen LogP contribution in [0.1, 0.15) is 27.2 Å². The highest BCUT2D eigenvalue weighted by Gasteiger charge is 2.24. The van der Waals surface area contributed by atoms with Gasteiger partial charge in [0.1, 0.15) is 18.7 Å². The van der Waals surface area contributed by atoms with Gasteiger partial charge in [0.05, 0.1) is 17.8 Å². The van der Waals surface area contributed by atoms with Crippen LogP contribution in [0.2, 0.25) is 0 Å². The van der Waals surface area contributed by atoms with Crippen LogP contribution in [-0.4, -0.2) is 37.7 Å². The van der Waals surface area contributed by atoms with E-state index in [-0.39, 0.29) is 12.4 Å². The highest BCUT2D eigenvalue weighted by molar-refractivity contribution is 5.32. The second-order valence-electron chi connectivity index (χ2n) is 6.63. The molecule has 1 aliphatic carbocycles. The van der Waals surface area contributed by atoms with Gasteiger partial charge in [0.2, 0.25) is 0 Å². The van der Waals surface area contributed by atoms with Crippen LogP contribution in [0.25, 0.3) is 0 Å². The number of ether oxygens (including phenoxy) is 1. The molecule has 0 aromatic rings. The van der Waals surface area contributed by atoms with E-state index in [1.54, 1.807) is 31.2 Å². The van der Waals surface area contributed by atoms with Gasteiger partial charge in [0.15, 0.2) is 0 Å². The van der Waals surface area contributed by atoms with Crippen LogP contribution in [0, 0.1) is 23.2 Å². The molecular weight excluding hydrogens is 343 g/mol. The van der Waals surface area contributed by atoms with Crippen molar-refractivity contribution in [3.63, 3.8) is 0 Å². The van der Waals surface area contributed by atoms with Crippen LogP contribution in [-0.2, 0) is 4.74 Å². The second-order valence-corrected chi connectivity index (χ2v) is 6.63. The first-order valence-corrected chi connectivity index (χ1v) is 9.30. The fourth-order valence-electron chi connectivity index (χ4n) is 2.59. The molecule has 0 radical (unpaired) electrons. The number of nitrogens with zero attached hydrogens (tertiary/aromatic N) is 2. The number of allylic oxidation sites excluding steroid dienone is 4. The summed E-state index contributed by atoms with van der Waals surface area (Å²) in [5.74, 6) is -0.515. The lowest BCUT2D eigenvalue weighted by molar-refractivity contribution is 0.275. The number of nitrogens with two attached hydrogens (primary N) is 1. The van der Waals surface area contributed by atoms with Crippen LogP contribution in [0.4, 0.5) is 4.39 Å². The molecule has 3 atom stereocenters. The molecule has 0 aliphatic heterocycles. The van der Waals surface area contributed by atoms with Gasteiger partial charge in [-0.15, -0.1) is 0 Å². The molecule has 3 N–H and O–H groups in total. The average molecular weight is 375 g/mol. The van der Waals surface area contributed by atoms with E-state index in [4.69, 9.17) is 15.7 Å². The van der Waals surface area contributed by atoms with Crippen LogP contribution in [0.5, 0.6) is 0 Å². The molecule has 0 aromatic carbocycles. The third kappa shape index (κ3) is 7.34. The largest absolute Gasteiger partial charge is 0.488 e. The molecule has 0 aromatic heterocycles. The number of halogens is 1. The summed E-state index contributed by atoms with van der Waals surface area (Å²) in [5, 5.41) is 12.2. The summed E-state index contributed by atoms with van der Waals surface area (Å²) < 4.78 is 19.5. The molecule has 0 saturated heterocycles. The standard InChI is InChI=1S/C21H31FN4O/c1-5-25-12-11-16(2)26(4)20(24)8-6-7-13-27-15-19-10-9-18(14-23)17(3)21(19)22/h6,8-10,13,16-18,25H,5,11-12,15,24H2,1-4H3/b20-8+/t7?,16?,17-,18?/m0/s1. The summed E-state index contributed by atoms with van der Waals surface area (Å²) in [6, 6.07) is 2.40. The summed E-state index contributed by atoms with van der Waals surface area (Å²) in [6.45, 7) is 7.93. The van der Waals surface area contributed by atoms with Gasteiger partial charge in [-0.3, -0.25) is 0 Å². The van der Waals surface area contributed by atoms with Crippen molar-refractivity contribution in [3.05, 3.63) is 53.5 Å². The summed E-state index contributed by atoms with van der Waals surface area (Å²) in [7, 11) is 1.96. The Hall–Kier alpha value is -2.48. The molecule has 1 aliphatic rings. The van der Waals surface area contributed by atoms with Gasteiger partial charge in [-0.25, -0.2) is 4.39 Å². The van der Waals surface area contributed by atoms with Crippen LogP contribution in [0.15, 0.2) is 53.5 Å². The zero-order valence-corrected chi connectivity index (χ0v) is 16.7. The van der Waals surface area contributed by atoms with Crippen molar-refractivity contribution in [1.29, 1.82) is 5.26 Å². The van der Waals surface area contributed by atoms with Gasteiger partial charge < -0.3 is 20.7 Å². The maximum Gasteiger partial charge on any atom is 0.126 e. The highest BCUT2D eigenvalue weighted by Crippen LogP contribution is 2.30. The van der Waals surface area contributed by atoms with E-state index < -0.39 is 11.8 Å². The van der Waals surface area contributed by atoms with Gasteiger partial charge in [-0.05, 0) is 38.6 Å². The molecular formula is C21H31FN4O. The number of rotatable bonds is 10. The fourth-order valence-corrected chi connectivity index (χ4v) is 2.59. The molecule has 148 valence electrons. The van der Waals surface area contributed by atoms with Crippen molar-refractivity contribution in [2.75, 3.05) is 26.7 Å². The zero-order valence-electron chi connectivity index (χ0n) is 16.7. The Labute approximate surface area is 162 Å². The lowest BCUT2D eigenvalue weighted by Gasteiger charge is -2.26. The van der Waals surface area contributed by atoms with Crippen molar-refractivity contribution in [2.24, 2.45) is 17.6 Å². The zero-order chi connectivity index (χ0) is 20.2. The maximum atomic E-state index is 14.2. The molecule has 0 amide bonds. The summed E-state index contributed by atoms with van der Waals surface area (Å²) >= 11 is 0. The van der Waals surface area contributed by atoms with Crippen LogP contribution >= 0.6 is 0 Å². The molecule has 2 unspecified atom stereocenters. The smallest absolute Gasteiger partial charge is 0.126 e. The lowest BCUT2D eigenvalue weighted by Crippen LogP contribution is -2.34. The van der Waals surface area contributed by atoms with Gasteiger partial charge >= 0.3 is 0 Å². The van der Waals surface area contributed by atoms with Crippen molar-refractivity contribution >= 4 is 0 Å². The summed E-state index contributed by atoms with van der Waals surface area (Å²) in [4.78, 5) is 2.01. The molecule has 27 heavy (non-hydrogen) atoms. The third-order valence-corrected chi connectivity index (χ3v) is 4.70. The molecule has 0 saturated carbocycles. The second kappa shape index (κ2) is 12.0. The first kappa shape index (κ1) is 22.6. The number of nitrogens with one attached hydrogen (secondary N) is 1. The minimum absolute atomic E-state index is 0.103. The minimum atomic E-state index is -0.439. The predicted octanol–water partition coefficient (Wildman–Crippen LogP) is 3.36. The topological polar surface area (TPSA) is 74.3 Å². The Morgan fingerprint density at radius 2 is 2.30 bits per heavy atom. The lowest BCUT2D eigenvalue weighted by atomic mass is 9.87. The van der Waals surface area contributed by atoms with E-state index in [9.17, 15) is 4.39 Å². The molecule has 5 nitrogen and oxygen atoms in total. The van der Waals surface area contributed by atoms with Crippen molar-refractivity contribution < 1.29 is 9.13 Å². The Bertz CT molecular complexity index is 668. The Morgan fingerprint density at radius 3 is 2.96 bits per heavy atom. The molecule has 1 rings (SSSR count). The Balaban J connectivity index is 2.50. The normalized spacial score (nSPS) is 20.5. The first-order chi connectivity index (χ1) is 12.9. The van der Waals surface area contributed by atoms with Gasteiger partial charge in [-0.2, -0.15) is 5.26 Å². The van der Waals surface area contributed by atoms with Gasteiger partial charge in [0.25, 0.3) is 0 Å². The average Bonchev–Trinajstić information content (AvgIpc) is 2.67. The van der Waals surface area contributed by atoms with E-state index in [0.29, 0.717) is 17.4 Å². The van der Waals surface area contributed by atoms with Gasteiger partial charge in [0, 0.05) is 24.6 Å². The van der Waals surface area contributed by atoms with E-state index >= 15 is 0 Å².